The average Bonchev–Trinajstić information content (AvgIpc) is 2.97. The minimum absolute atomic E-state index is 0.0104. The van der Waals surface area contributed by atoms with E-state index in [9.17, 15) is 8.42 Å². The van der Waals surface area contributed by atoms with E-state index in [1.54, 1.807) is 10.9 Å². The molecule has 2 heterocycles. The Labute approximate surface area is 115 Å². The van der Waals surface area contributed by atoms with Crippen molar-refractivity contribution in [1.29, 1.82) is 0 Å². The standard InChI is InChI=1S/C10H15N5O2S2/c1-2-3-15-5-9(10(11)14-15)19(16,17)13-4-8-6-18-7-12-8/h5-7,13H,2-4H2,1H3,(H2,11,14). The van der Waals surface area contributed by atoms with E-state index in [2.05, 4.69) is 14.8 Å². The molecule has 0 aliphatic carbocycles. The lowest BCUT2D eigenvalue weighted by atomic mass is 10.5. The Morgan fingerprint density at radius 2 is 2.32 bits per heavy atom. The zero-order valence-corrected chi connectivity index (χ0v) is 12.0. The van der Waals surface area contributed by atoms with E-state index in [-0.39, 0.29) is 17.3 Å². The second kappa shape index (κ2) is 5.68. The molecule has 0 aromatic carbocycles. The van der Waals surface area contributed by atoms with Crippen LogP contribution >= 0.6 is 11.3 Å². The fourth-order valence-electron chi connectivity index (χ4n) is 1.54. The number of aryl methyl sites for hydroxylation is 1. The number of nitrogens with two attached hydrogens (primary N) is 1. The first-order valence-corrected chi connectivity index (χ1v) is 8.15. The summed E-state index contributed by atoms with van der Waals surface area (Å²) >= 11 is 1.41. The van der Waals surface area contributed by atoms with E-state index >= 15 is 0 Å². The van der Waals surface area contributed by atoms with Crippen LogP contribution in [0.15, 0.2) is 22.0 Å². The minimum atomic E-state index is -3.66. The maximum absolute atomic E-state index is 12.1. The number of aromatic nitrogens is 3. The molecular weight excluding hydrogens is 286 g/mol. The van der Waals surface area contributed by atoms with Gasteiger partial charge in [0.25, 0.3) is 0 Å². The van der Waals surface area contributed by atoms with Crippen LogP contribution in [0.1, 0.15) is 19.0 Å². The first kappa shape index (κ1) is 14.0. The summed E-state index contributed by atoms with van der Waals surface area (Å²) in [6.07, 6.45) is 2.30. The molecule has 2 rings (SSSR count). The number of thiazole rings is 1. The number of hydrogen-bond acceptors (Lipinski definition) is 6. The minimum Gasteiger partial charge on any atom is -0.381 e. The number of hydrogen-bond donors (Lipinski definition) is 2. The summed E-state index contributed by atoms with van der Waals surface area (Å²) in [7, 11) is -3.66. The number of nitrogen functional groups attached to an aromatic ring is 1. The van der Waals surface area contributed by atoms with Crippen LogP contribution in [0.2, 0.25) is 0 Å². The highest BCUT2D eigenvalue weighted by Gasteiger charge is 2.20. The highest BCUT2D eigenvalue weighted by atomic mass is 32.2. The summed E-state index contributed by atoms with van der Waals surface area (Å²) in [6, 6.07) is 0. The Kier molecular flexibility index (Phi) is 4.17. The highest BCUT2D eigenvalue weighted by Crippen LogP contribution is 2.16. The van der Waals surface area contributed by atoms with Crippen LogP contribution in [0.4, 0.5) is 5.82 Å². The molecule has 0 spiro atoms. The monoisotopic (exact) mass is 301 g/mol. The van der Waals surface area contributed by atoms with Crippen molar-refractivity contribution in [3.05, 3.63) is 22.8 Å². The first-order valence-electron chi connectivity index (χ1n) is 5.72. The zero-order chi connectivity index (χ0) is 13.9. The third kappa shape index (κ3) is 3.31. The van der Waals surface area contributed by atoms with Gasteiger partial charge in [0.1, 0.15) is 4.90 Å². The summed E-state index contributed by atoms with van der Waals surface area (Å²) in [5, 5.41) is 5.76. The normalized spacial score (nSPS) is 11.8. The van der Waals surface area contributed by atoms with E-state index in [0.29, 0.717) is 12.2 Å². The van der Waals surface area contributed by atoms with E-state index < -0.39 is 10.0 Å². The number of nitrogens with one attached hydrogen (secondary N) is 1. The second-order valence-electron chi connectivity index (χ2n) is 3.95. The molecule has 2 aromatic heterocycles. The Hall–Kier alpha value is -1.45. The van der Waals surface area contributed by atoms with Gasteiger partial charge in [-0.3, -0.25) is 4.68 Å². The van der Waals surface area contributed by atoms with Gasteiger partial charge in [-0.1, -0.05) is 6.92 Å². The zero-order valence-electron chi connectivity index (χ0n) is 10.4. The molecule has 0 saturated carbocycles. The third-order valence-corrected chi connectivity index (χ3v) is 4.48. The SMILES string of the molecule is CCCn1cc(S(=O)(=O)NCc2cscn2)c(N)n1. The summed E-state index contributed by atoms with van der Waals surface area (Å²) in [5.41, 5.74) is 7.97. The summed E-state index contributed by atoms with van der Waals surface area (Å²) in [5.74, 6) is 0.0132. The predicted octanol–water partition coefficient (Wildman–Crippen LogP) is 0.810. The average molecular weight is 301 g/mol. The summed E-state index contributed by atoms with van der Waals surface area (Å²) < 4.78 is 28.2. The molecule has 0 atom stereocenters. The van der Waals surface area contributed by atoms with E-state index in [1.807, 2.05) is 6.92 Å². The van der Waals surface area contributed by atoms with Crippen molar-refractivity contribution < 1.29 is 8.42 Å². The van der Waals surface area contributed by atoms with E-state index in [4.69, 9.17) is 5.73 Å². The Morgan fingerprint density at radius 3 is 2.95 bits per heavy atom. The van der Waals surface area contributed by atoms with Crippen molar-refractivity contribution in [2.75, 3.05) is 5.73 Å². The Bertz CT molecular complexity index is 633. The van der Waals surface area contributed by atoms with Gasteiger partial charge in [-0.25, -0.2) is 18.1 Å². The summed E-state index contributed by atoms with van der Waals surface area (Å²) in [6.45, 7) is 2.75. The number of nitrogens with zero attached hydrogens (tertiary/aromatic N) is 3. The van der Waals surface area contributed by atoms with Crippen molar-refractivity contribution in [2.45, 2.75) is 31.3 Å². The fourth-order valence-corrected chi connectivity index (χ4v) is 3.17. The van der Waals surface area contributed by atoms with Crippen molar-refractivity contribution in [3.63, 3.8) is 0 Å². The molecular formula is C10H15N5O2S2. The smallest absolute Gasteiger partial charge is 0.246 e. The highest BCUT2D eigenvalue weighted by molar-refractivity contribution is 7.89. The van der Waals surface area contributed by atoms with Gasteiger partial charge in [-0.2, -0.15) is 5.10 Å². The van der Waals surface area contributed by atoms with Gasteiger partial charge in [-0.15, -0.1) is 11.3 Å². The van der Waals surface area contributed by atoms with Crippen LogP contribution in [0.5, 0.6) is 0 Å². The fraction of sp³-hybridized carbons (Fsp3) is 0.400. The summed E-state index contributed by atoms with van der Waals surface area (Å²) in [4.78, 5) is 4.02. The predicted molar refractivity (Wildman–Crippen MR) is 73.1 cm³/mol. The van der Waals surface area contributed by atoms with Crippen molar-refractivity contribution in [2.24, 2.45) is 0 Å². The van der Waals surface area contributed by atoms with E-state index in [1.165, 1.54) is 22.2 Å². The number of anilines is 1. The van der Waals surface area contributed by atoms with Gasteiger partial charge in [0, 0.05) is 18.1 Å². The first-order chi connectivity index (χ1) is 9.03. The van der Waals surface area contributed by atoms with Crippen molar-refractivity contribution in [3.8, 4) is 0 Å². The van der Waals surface area contributed by atoms with Crippen LogP contribution in [0, 0.1) is 0 Å². The lowest BCUT2D eigenvalue weighted by molar-refractivity contribution is 0.578. The van der Waals surface area contributed by atoms with Gasteiger partial charge in [0.2, 0.25) is 10.0 Å². The lowest BCUT2D eigenvalue weighted by Gasteiger charge is -2.03. The number of rotatable bonds is 6. The molecule has 0 bridgehead atoms. The maximum Gasteiger partial charge on any atom is 0.246 e. The molecule has 0 amide bonds. The van der Waals surface area contributed by atoms with Gasteiger partial charge in [0.05, 0.1) is 17.7 Å². The molecule has 9 heteroatoms. The molecule has 0 aliphatic rings. The largest absolute Gasteiger partial charge is 0.381 e. The van der Waals surface area contributed by atoms with Crippen molar-refractivity contribution >= 4 is 27.2 Å². The van der Waals surface area contributed by atoms with Gasteiger partial charge >= 0.3 is 0 Å². The molecule has 0 unspecified atom stereocenters. The molecule has 7 nitrogen and oxygen atoms in total. The molecule has 3 N–H and O–H groups in total. The topological polar surface area (TPSA) is 103 Å². The molecule has 2 aromatic rings. The second-order valence-corrected chi connectivity index (χ2v) is 6.40. The molecule has 19 heavy (non-hydrogen) atoms. The Morgan fingerprint density at radius 1 is 1.53 bits per heavy atom. The molecule has 0 fully saturated rings. The van der Waals surface area contributed by atoms with Gasteiger partial charge < -0.3 is 5.73 Å². The quantitative estimate of drug-likeness (QED) is 0.822. The van der Waals surface area contributed by atoms with Gasteiger partial charge in [0.15, 0.2) is 5.82 Å². The van der Waals surface area contributed by atoms with Crippen LogP contribution in [0.25, 0.3) is 0 Å². The van der Waals surface area contributed by atoms with Crippen LogP contribution in [-0.2, 0) is 23.1 Å². The maximum atomic E-state index is 12.1. The van der Waals surface area contributed by atoms with E-state index in [0.717, 1.165) is 6.42 Å². The van der Waals surface area contributed by atoms with Crippen molar-refractivity contribution in [1.82, 2.24) is 19.5 Å². The van der Waals surface area contributed by atoms with Gasteiger partial charge in [-0.05, 0) is 6.42 Å². The number of sulfonamides is 1. The molecule has 0 radical (unpaired) electrons. The third-order valence-electron chi connectivity index (χ3n) is 2.42. The van der Waals surface area contributed by atoms with Crippen LogP contribution < -0.4 is 10.5 Å². The Balaban J connectivity index is 2.14. The molecule has 0 aliphatic heterocycles. The van der Waals surface area contributed by atoms with Crippen LogP contribution in [-0.4, -0.2) is 23.2 Å². The molecule has 0 saturated heterocycles. The molecule has 104 valence electrons. The lowest BCUT2D eigenvalue weighted by Crippen LogP contribution is -2.23. The van der Waals surface area contributed by atoms with Crippen LogP contribution in [0.3, 0.4) is 0 Å².